The topological polar surface area (TPSA) is 23.4 Å². The van der Waals surface area contributed by atoms with Crippen molar-refractivity contribution in [2.75, 3.05) is 0 Å². The number of hydrogen-bond acceptors (Lipinski definition) is 2. The van der Waals surface area contributed by atoms with Crippen LogP contribution in [0, 0.1) is 0 Å². The molecule has 8 rings (SSSR count). The molecule has 0 aliphatic heterocycles. The van der Waals surface area contributed by atoms with Gasteiger partial charge in [0.05, 0.1) is 11.0 Å². The van der Waals surface area contributed by atoms with Crippen molar-refractivity contribution in [3.63, 3.8) is 0 Å². The molecule has 0 aliphatic rings. The lowest BCUT2D eigenvalue weighted by Gasteiger charge is -2.20. The van der Waals surface area contributed by atoms with Gasteiger partial charge in [0.25, 0.3) is 0 Å². The zero-order valence-electron chi connectivity index (χ0n) is 29.0. The first-order valence-corrected chi connectivity index (χ1v) is 19.8. The summed E-state index contributed by atoms with van der Waals surface area (Å²) in [5, 5.41) is 6.93. The Bertz CT molecular complexity index is 2170. The number of nitrogens with zero attached hydrogens (tertiary/aromatic N) is 1. The molecular weight excluding hydrogens is 660 g/mol. The number of rotatable bonds is 9. The maximum Gasteiger partial charge on any atom is 0.150 e. The van der Waals surface area contributed by atoms with E-state index in [1.807, 2.05) is 0 Å². The zero-order chi connectivity index (χ0) is 34.8. The van der Waals surface area contributed by atoms with Crippen LogP contribution in [0.2, 0.25) is 0 Å². The Labute approximate surface area is 302 Å². The summed E-state index contributed by atoms with van der Waals surface area (Å²) in [5.41, 5.74) is 4.75. The average Bonchev–Trinajstić information content (AvgIpc) is 3.50. The molecular formula is C46H39NO2P2. The predicted octanol–water partition coefficient (Wildman–Crippen LogP) is 10.9. The standard InChI is InChI=1S/C46H39NO2P2/c1-46(2,3)34-24-26-35(27-25-34)47-44-30-28-36(48-50(38-16-8-4-9-17-38)39-18-10-5-11-19-39)32-42(44)43-33-37(29-31-45(43)47)49-51(40-20-12-6-13-21-40)41-22-14-7-15-23-41/h4-33H,1-3H3. The Kier molecular flexibility index (Phi) is 9.18. The second-order valence-electron chi connectivity index (χ2n) is 13.6. The third kappa shape index (κ3) is 6.93. The van der Waals surface area contributed by atoms with Gasteiger partial charge < -0.3 is 13.6 Å². The Morgan fingerprint density at radius 2 is 0.765 bits per heavy atom. The van der Waals surface area contributed by atoms with Crippen molar-refractivity contribution in [3.05, 3.63) is 188 Å². The van der Waals surface area contributed by atoms with Crippen molar-refractivity contribution < 1.29 is 9.05 Å². The van der Waals surface area contributed by atoms with Gasteiger partial charge >= 0.3 is 0 Å². The normalized spacial score (nSPS) is 11.8. The number of benzene rings is 7. The quantitative estimate of drug-likeness (QED) is 0.140. The predicted molar refractivity (Wildman–Crippen MR) is 219 cm³/mol. The summed E-state index contributed by atoms with van der Waals surface area (Å²) in [6.45, 7) is 6.76. The van der Waals surface area contributed by atoms with Crippen LogP contribution in [0.3, 0.4) is 0 Å². The van der Waals surface area contributed by atoms with E-state index in [9.17, 15) is 0 Å². The molecule has 0 aliphatic carbocycles. The van der Waals surface area contributed by atoms with Crippen LogP contribution >= 0.6 is 16.3 Å². The van der Waals surface area contributed by atoms with Gasteiger partial charge in [-0.2, -0.15) is 0 Å². The minimum atomic E-state index is -1.08. The summed E-state index contributed by atoms with van der Waals surface area (Å²) in [5.74, 6) is 1.68. The maximum atomic E-state index is 6.95. The van der Waals surface area contributed by atoms with Gasteiger partial charge in [0, 0.05) is 37.7 Å². The smallest absolute Gasteiger partial charge is 0.150 e. The number of hydrogen-bond donors (Lipinski definition) is 0. The summed E-state index contributed by atoms with van der Waals surface area (Å²) in [6, 6.07) is 64.2. The van der Waals surface area contributed by atoms with E-state index in [1.165, 1.54) is 26.8 Å². The van der Waals surface area contributed by atoms with Crippen molar-refractivity contribution >= 4 is 59.3 Å². The van der Waals surface area contributed by atoms with E-state index in [4.69, 9.17) is 9.05 Å². The molecule has 0 N–H and O–H groups in total. The number of fused-ring (bicyclic) bond motifs is 3. The van der Waals surface area contributed by atoms with Gasteiger partial charge in [-0.05, 0) is 59.5 Å². The van der Waals surface area contributed by atoms with Crippen LogP contribution in [0.1, 0.15) is 26.3 Å². The summed E-state index contributed by atoms with van der Waals surface area (Å²) >= 11 is 0. The van der Waals surface area contributed by atoms with Gasteiger partial charge in [-0.25, -0.2) is 0 Å². The Balaban J connectivity index is 1.26. The molecule has 0 saturated heterocycles. The third-order valence-electron chi connectivity index (χ3n) is 9.06. The molecule has 0 amide bonds. The van der Waals surface area contributed by atoms with Crippen molar-refractivity contribution in [1.82, 2.24) is 4.57 Å². The van der Waals surface area contributed by atoms with E-state index in [-0.39, 0.29) is 5.41 Å². The summed E-state index contributed by atoms with van der Waals surface area (Å²) in [6.07, 6.45) is 0. The molecule has 1 aromatic heterocycles. The first kappa shape index (κ1) is 33.0. The fourth-order valence-corrected chi connectivity index (χ4v) is 9.90. The van der Waals surface area contributed by atoms with Gasteiger partial charge in [-0.1, -0.05) is 154 Å². The molecule has 250 valence electrons. The fourth-order valence-electron chi connectivity index (χ4n) is 6.46. The van der Waals surface area contributed by atoms with Crippen LogP contribution in [0.5, 0.6) is 11.5 Å². The van der Waals surface area contributed by atoms with Crippen LogP contribution in [0.25, 0.3) is 27.5 Å². The fraction of sp³-hybridized carbons (Fsp3) is 0.0870. The van der Waals surface area contributed by atoms with E-state index >= 15 is 0 Å². The lowest BCUT2D eigenvalue weighted by atomic mass is 9.87. The molecule has 0 fully saturated rings. The van der Waals surface area contributed by atoms with E-state index in [2.05, 4.69) is 207 Å². The Morgan fingerprint density at radius 3 is 1.10 bits per heavy atom. The van der Waals surface area contributed by atoms with Crippen LogP contribution < -0.4 is 30.3 Å². The van der Waals surface area contributed by atoms with E-state index in [0.29, 0.717) is 0 Å². The average molecular weight is 700 g/mol. The first-order chi connectivity index (χ1) is 24.9. The summed E-state index contributed by atoms with van der Waals surface area (Å²) < 4.78 is 16.3. The minimum Gasteiger partial charge on any atom is -0.464 e. The van der Waals surface area contributed by atoms with Crippen LogP contribution in [0.15, 0.2) is 182 Å². The van der Waals surface area contributed by atoms with Crippen LogP contribution in [-0.4, -0.2) is 4.57 Å². The molecule has 0 atom stereocenters. The van der Waals surface area contributed by atoms with Gasteiger partial charge in [-0.3, -0.25) is 0 Å². The molecule has 0 radical (unpaired) electrons. The zero-order valence-corrected chi connectivity index (χ0v) is 30.8. The molecule has 5 heteroatoms. The minimum absolute atomic E-state index is 0.0730. The molecule has 51 heavy (non-hydrogen) atoms. The molecule has 0 saturated carbocycles. The second-order valence-corrected chi connectivity index (χ2v) is 17.2. The van der Waals surface area contributed by atoms with Crippen molar-refractivity contribution in [3.8, 4) is 17.2 Å². The SMILES string of the molecule is CC(C)(C)c1ccc(-n2c3ccc(OP(c4ccccc4)c4ccccc4)cc3c3cc(OP(c4ccccc4)c4ccccc4)ccc32)cc1. The lowest BCUT2D eigenvalue weighted by Crippen LogP contribution is -2.15. The van der Waals surface area contributed by atoms with Gasteiger partial charge in [0.2, 0.25) is 0 Å². The highest BCUT2D eigenvalue weighted by Crippen LogP contribution is 2.43. The Hall–Kier alpha value is -5.20. The molecule has 8 aromatic rings. The van der Waals surface area contributed by atoms with E-state index < -0.39 is 16.3 Å². The maximum absolute atomic E-state index is 6.95. The van der Waals surface area contributed by atoms with E-state index in [1.54, 1.807) is 0 Å². The molecule has 0 bridgehead atoms. The summed E-state index contributed by atoms with van der Waals surface area (Å²) in [7, 11) is -2.15. The van der Waals surface area contributed by atoms with Gasteiger partial charge in [0.15, 0.2) is 16.3 Å². The van der Waals surface area contributed by atoms with Crippen LogP contribution in [-0.2, 0) is 5.41 Å². The Morgan fingerprint density at radius 1 is 0.412 bits per heavy atom. The molecule has 0 spiro atoms. The van der Waals surface area contributed by atoms with E-state index in [0.717, 1.165) is 39.0 Å². The molecule has 3 nitrogen and oxygen atoms in total. The van der Waals surface area contributed by atoms with Gasteiger partial charge in [-0.15, -0.1) is 0 Å². The van der Waals surface area contributed by atoms with Crippen molar-refractivity contribution in [2.45, 2.75) is 26.2 Å². The highest BCUT2D eigenvalue weighted by molar-refractivity contribution is 7.69. The largest absolute Gasteiger partial charge is 0.464 e. The molecule has 1 heterocycles. The highest BCUT2D eigenvalue weighted by Gasteiger charge is 2.22. The second kappa shape index (κ2) is 14.2. The number of aromatic nitrogens is 1. The molecule has 0 unspecified atom stereocenters. The third-order valence-corrected chi connectivity index (χ3v) is 12.9. The monoisotopic (exact) mass is 699 g/mol. The lowest BCUT2D eigenvalue weighted by molar-refractivity contribution is 0.590. The molecule has 7 aromatic carbocycles. The van der Waals surface area contributed by atoms with Crippen molar-refractivity contribution in [1.29, 1.82) is 0 Å². The van der Waals surface area contributed by atoms with Gasteiger partial charge in [0.1, 0.15) is 11.5 Å². The summed E-state index contributed by atoms with van der Waals surface area (Å²) in [4.78, 5) is 0. The first-order valence-electron chi connectivity index (χ1n) is 17.3. The van der Waals surface area contributed by atoms with Crippen LogP contribution in [0.4, 0.5) is 0 Å². The van der Waals surface area contributed by atoms with Crippen molar-refractivity contribution in [2.24, 2.45) is 0 Å². The highest BCUT2D eigenvalue weighted by atomic mass is 31.1.